The van der Waals surface area contributed by atoms with Crippen molar-refractivity contribution in [3.05, 3.63) is 93.4 Å². The van der Waals surface area contributed by atoms with Crippen molar-refractivity contribution >= 4 is 23.4 Å². The number of rotatable bonds is 8. The number of nitro benzene ring substituents is 1. The molecule has 32 heavy (non-hydrogen) atoms. The van der Waals surface area contributed by atoms with Gasteiger partial charge in [-0.25, -0.2) is 0 Å². The quantitative estimate of drug-likeness (QED) is 0.242. The maximum Gasteiger partial charge on any atom is 0.274 e. The Kier molecular flexibility index (Phi) is 6.04. The Morgan fingerprint density at radius 2 is 2.00 bits per heavy atom. The second-order valence-corrected chi connectivity index (χ2v) is 7.98. The first-order chi connectivity index (χ1) is 15.4. The highest BCUT2D eigenvalue weighted by Gasteiger charge is 2.20. The number of nitro groups is 1. The van der Waals surface area contributed by atoms with Crippen LogP contribution in [0.5, 0.6) is 0 Å². The lowest BCUT2D eigenvalue weighted by Crippen LogP contribution is -2.11. The number of hydrogen-bond acceptors (Lipinski definition) is 7. The average Bonchev–Trinajstić information content (AvgIpc) is 3.43. The minimum absolute atomic E-state index is 0.0910. The third-order valence-electron chi connectivity index (χ3n) is 4.92. The number of amides is 1. The van der Waals surface area contributed by atoms with E-state index in [1.807, 2.05) is 47.9 Å². The predicted molar refractivity (Wildman–Crippen MR) is 119 cm³/mol. The number of carbonyl (C=O) groups excluding carboxylic acids is 1. The molecule has 9 nitrogen and oxygen atoms in total. The normalized spacial score (nSPS) is 10.9. The fraction of sp³-hybridized carbons (Fsp3) is 0.136. The summed E-state index contributed by atoms with van der Waals surface area (Å²) in [6.45, 7) is 2.41. The fourth-order valence-corrected chi connectivity index (χ4v) is 4.20. The summed E-state index contributed by atoms with van der Waals surface area (Å²) in [5, 5.41) is 20.8. The van der Waals surface area contributed by atoms with Crippen molar-refractivity contribution in [3.63, 3.8) is 0 Å². The van der Waals surface area contributed by atoms with E-state index in [-0.39, 0.29) is 17.0 Å². The monoisotopic (exact) mass is 449 g/mol. The number of aromatic nitrogens is 3. The standard InChI is InChI=1S/C22H19N5O4S/c1-14-5-2-3-7-18(14)21-24-25-22(26(21)12-17-6-4-10-31-17)32-13-16-9-8-15(20(23)28)11-19(16)27(29)30/h2-11H,12-13H2,1H3,(H2,23,28). The Hall–Kier alpha value is -3.92. The molecule has 0 radical (unpaired) electrons. The number of nitrogens with two attached hydrogens (primary N) is 1. The van der Waals surface area contributed by atoms with Crippen LogP contribution in [0, 0.1) is 17.0 Å². The molecule has 0 unspecified atom stereocenters. The highest BCUT2D eigenvalue weighted by Crippen LogP contribution is 2.31. The van der Waals surface area contributed by atoms with Crippen molar-refractivity contribution in [2.24, 2.45) is 5.73 Å². The molecule has 0 aliphatic heterocycles. The Bertz CT molecular complexity index is 1280. The zero-order valence-corrected chi connectivity index (χ0v) is 17.9. The molecule has 2 aromatic carbocycles. The van der Waals surface area contributed by atoms with E-state index in [1.165, 1.54) is 23.9 Å². The lowest BCUT2D eigenvalue weighted by atomic mass is 10.1. The van der Waals surface area contributed by atoms with Gasteiger partial charge in [-0.15, -0.1) is 10.2 Å². The molecule has 0 aliphatic carbocycles. The van der Waals surface area contributed by atoms with Crippen LogP contribution in [0.15, 0.2) is 70.4 Å². The van der Waals surface area contributed by atoms with Crippen LogP contribution >= 0.6 is 11.8 Å². The van der Waals surface area contributed by atoms with E-state index in [0.717, 1.165) is 16.9 Å². The summed E-state index contributed by atoms with van der Waals surface area (Å²) in [6, 6.07) is 15.8. The zero-order chi connectivity index (χ0) is 22.7. The topological polar surface area (TPSA) is 130 Å². The van der Waals surface area contributed by atoms with Crippen molar-refractivity contribution in [1.29, 1.82) is 0 Å². The van der Waals surface area contributed by atoms with Gasteiger partial charge in [0.05, 0.1) is 17.7 Å². The smallest absolute Gasteiger partial charge is 0.274 e. The van der Waals surface area contributed by atoms with Gasteiger partial charge in [-0.05, 0) is 30.7 Å². The van der Waals surface area contributed by atoms with Crippen molar-refractivity contribution in [2.45, 2.75) is 24.4 Å². The van der Waals surface area contributed by atoms with E-state index >= 15 is 0 Å². The Labute approximate surface area is 187 Å². The molecular formula is C22H19N5O4S. The number of hydrogen-bond donors (Lipinski definition) is 1. The van der Waals surface area contributed by atoms with Gasteiger partial charge < -0.3 is 10.2 Å². The number of nitrogens with zero attached hydrogens (tertiary/aromatic N) is 4. The zero-order valence-electron chi connectivity index (χ0n) is 17.1. The number of carbonyl (C=O) groups is 1. The summed E-state index contributed by atoms with van der Waals surface area (Å²) in [5.41, 5.74) is 7.63. The van der Waals surface area contributed by atoms with Gasteiger partial charge >= 0.3 is 0 Å². The van der Waals surface area contributed by atoms with Crippen LogP contribution in [0.4, 0.5) is 5.69 Å². The molecule has 0 bridgehead atoms. The molecule has 0 aliphatic rings. The molecule has 2 N–H and O–H groups in total. The number of furan rings is 1. The average molecular weight is 449 g/mol. The molecular weight excluding hydrogens is 430 g/mol. The van der Waals surface area contributed by atoms with Gasteiger partial charge in [-0.3, -0.25) is 19.5 Å². The molecule has 0 saturated heterocycles. The molecule has 10 heteroatoms. The molecule has 2 aromatic heterocycles. The van der Waals surface area contributed by atoms with Gasteiger partial charge in [0.1, 0.15) is 5.76 Å². The lowest BCUT2D eigenvalue weighted by Gasteiger charge is -2.10. The third kappa shape index (κ3) is 4.40. The summed E-state index contributed by atoms with van der Waals surface area (Å²) in [4.78, 5) is 22.4. The molecule has 1 amide bonds. The Morgan fingerprint density at radius 1 is 1.19 bits per heavy atom. The molecule has 0 fully saturated rings. The number of thioether (sulfide) groups is 1. The molecule has 0 atom stereocenters. The molecule has 162 valence electrons. The minimum Gasteiger partial charge on any atom is -0.467 e. The lowest BCUT2D eigenvalue weighted by molar-refractivity contribution is -0.385. The van der Waals surface area contributed by atoms with Crippen LogP contribution in [0.3, 0.4) is 0 Å². The van der Waals surface area contributed by atoms with Gasteiger partial charge in [-0.1, -0.05) is 42.1 Å². The highest BCUT2D eigenvalue weighted by molar-refractivity contribution is 7.98. The van der Waals surface area contributed by atoms with Crippen molar-refractivity contribution in [2.75, 3.05) is 0 Å². The Balaban J connectivity index is 1.68. The maximum absolute atomic E-state index is 11.5. The van der Waals surface area contributed by atoms with Gasteiger partial charge in [0, 0.05) is 28.5 Å². The molecule has 0 spiro atoms. The fourth-order valence-electron chi connectivity index (χ4n) is 3.27. The van der Waals surface area contributed by atoms with E-state index in [2.05, 4.69) is 10.2 Å². The van der Waals surface area contributed by atoms with Crippen LogP contribution in [0.1, 0.15) is 27.2 Å². The molecule has 4 rings (SSSR count). The summed E-state index contributed by atoms with van der Waals surface area (Å²) in [7, 11) is 0. The first-order valence-corrected chi connectivity index (χ1v) is 10.6. The Morgan fingerprint density at radius 3 is 2.69 bits per heavy atom. The van der Waals surface area contributed by atoms with Gasteiger partial charge in [0.15, 0.2) is 11.0 Å². The maximum atomic E-state index is 11.5. The van der Waals surface area contributed by atoms with Crippen molar-refractivity contribution in [1.82, 2.24) is 14.8 Å². The van der Waals surface area contributed by atoms with E-state index in [0.29, 0.717) is 23.1 Å². The minimum atomic E-state index is -0.714. The second kappa shape index (κ2) is 9.06. The van der Waals surface area contributed by atoms with E-state index in [1.54, 1.807) is 12.3 Å². The van der Waals surface area contributed by atoms with Crippen LogP contribution in [-0.2, 0) is 12.3 Å². The largest absolute Gasteiger partial charge is 0.467 e. The van der Waals surface area contributed by atoms with Crippen LogP contribution in [-0.4, -0.2) is 25.6 Å². The van der Waals surface area contributed by atoms with E-state index in [9.17, 15) is 14.9 Å². The summed E-state index contributed by atoms with van der Waals surface area (Å²) >= 11 is 1.32. The van der Waals surface area contributed by atoms with Gasteiger partial charge in [0.2, 0.25) is 5.91 Å². The molecule has 0 saturated carbocycles. The predicted octanol–water partition coefficient (Wildman–Crippen LogP) is 4.19. The first kappa shape index (κ1) is 21.3. The van der Waals surface area contributed by atoms with Crippen molar-refractivity contribution < 1.29 is 14.1 Å². The van der Waals surface area contributed by atoms with Crippen LogP contribution in [0.2, 0.25) is 0 Å². The number of benzene rings is 2. The van der Waals surface area contributed by atoms with Crippen molar-refractivity contribution in [3.8, 4) is 11.4 Å². The highest BCUT2D eigenvalue weighted by atomic mass is 32.2. The van der Waals surface area contributed by atoms with Crippen LogP contribution < -0.4 is 5.73 Å². The molecule has 4 aromatic rings. The summed E-state index contributed by atoms with van der Waals surface area (Å²) in [5.74, 6) is 0.964. The second-order valence-electron chi connectivity index (χ2n) is 7.04. The van der Waals surface area contributed by atoms with E-state index < -0.39 is 10.8 Å². The van der Waals surface area contributed by atoms with Crippen LogP contribution in [0.25, 0.3) is 11.4 Å². The van der Waals surface area contributed by atoms with E-state index in [4.69, 9.17) is 10.2 Å². The number of aryl methyl sites for hydroxylation is 1. The van der Waals surface area contributed by atoms with Gasteiger partial charge in [0.25, 0.3) is 5.69 Å². The van der Waals surface area contributed by atoms with Gasteiger partial charge in [-0.2, -0.15) is 0 Å². The third-order valence-corrected chi connectivity index (χ3v) is 5.94. The summed E-state index contributed by atoms with van der Waals surface area (Å²) in [6.07, 6.45) is 1.60. The first-order valence-electron chi connectivity index (χ1n) is 9.65. The number of primary amides is 1. The SMILES string of the molecule is Cc1ccccc1-c1nnc(SCc2ccc(C(N)=O)cc2[N+](=O)[O-])n1Cc1ccco1. The summed E-state index contributed by atoms with van der Waals surface area (Å²) < 4.78 is 7.44. The molecule has 2 heterocycles.